The molecule has 0 unspecified atom stereocenters. The van der Waals surface area contributed by atoms with E-state index in [4.69, 9.17) is 5.14 Å². The molecule has 1 aromatic carbocycles. The summed E-state index contributed by atoms with van der Waals surface area (Å²) in [6, 6.07) is 4.61. The summed E-state index contributed by atoms with van der Waals surface area (Å²) in [5, 5.41) is 23.7. The van der Waals surface area contributed by atoms with Crippen LogP contribution in [0.2, 0.25) is 0 Å². The summed E-state index contributed by atoms with van der Waals surface area (Å²) < 4.78 is 47.9. The third-order valence-corrected chi connectivity index (χ3v) is 5.74. The van der Waals surface area contributed by atoms with E-state index in [-0.39, 0.29) is 22.9 Å². The number of sulfonamides is 2. The van der Waals surface area contributed by atoms with E-state index in [9.17, 15) is 27.0 Å². The third kappa shape index (κ3) is 2.85. The highest BCUT2D eigenvalue weighted by molar-refractivity contribution is 7.90. The van der Waals surface area contributed by atoms with Gasteiger partial charge in [-0.25, -0.2) is 22.0 Å². The fourth-order valence-electron chi connectivity index (χ4n) is 1.89. The van der Waals surface area contributed by atoms with Gasteiger partial charge in [-0.2, -0.15) is 4.31 Å². The fraction of sp³-hybridized carbons (Fsp3) is 0.400. The Morgan fingerprint density at radius 1 is 1.05 bits per heavy atom. The Morgan fingerprint density at radius 3 is 2.05 bits per heavy atom. The molecular formula is C10H14N2O6S2. The van der Waals surface area contributed by atoms with Crippen molar-refractivity contribution < 1.29 is 27.0 Å². The summed E-state index contributed by atoms with van der Waals surface area (Å²) in [6.07, 6.45) is -2.32. The van der Waals surface area contributed by atoms with E-state index < -0.39 is 32.3 Å². The second-order valence-electron chi connectivity index (χ2n) is 4.48. The Labute approximate surface area is 116 Å². The predicted octanol–water partition coefficient (Wildman–Crippen LogP) is -1.94. The second kappa shape index (κ2) is 5.06. The predicted molar refractivity (Wildman–Crippen MR) is 68.6 cm³/mol. The van der Waals surface area contributed by atoms with Gasteiger partial charge in [0.05, 0.1) is 22.0 Å². The Kier molecular flexibility index (Phi) is 3.88. The molecule has 1 saturated heterocycles. The van der Waals surface area contributed by atoms with Crippen LogP contribution in [-0.2, 0) is 20.0 Å². The molecule has 1 aliphatic heterocycles. The first-order valence-corrected chi connectivity index (χ1v) is 8.60. The van der Waals surface area contributed by atoms with Crippen molar-refractivity contribution >= 4 is 20.0 Å². The van der Waals surface area contributed by atoms with Crippen LogP contribution in [0.1, 0.15) is 0 Å². The van der Waals surface area contributed by atoms with Crippen LogP contribution in [0, 0.1) is 0 Å². The van der Waals surface area contributed by atoms with Crippen LogP contribution in [0.25, 0.3) is 0 Å². The molecule has 112 valence electrons. The number of aliphatic hydroxyl groups excluding tert-OH is 2. The molecule has 0 bridgehead atoms. The molecule has 2 atom stereocenters. The summed E-state index contributed by atoms with van der Waals surface area (Å²) >= 11 is 0. The molecular weight excluding hydrogens is 308 g/mol. The van der Waals surface area contributed by atoms with Gasteiger partial charge >= 0.3 is 0 Å². The number of nitrogens with two attached hydrogens (primary N) is 1. The number of primary sulfonamides is 1. The Balaban J connectivity index is 2.41. The summed E-state index contributed by atoms with van der Waals surface area (Å²) in [6.45, 7) is -0.494. The smallest absolute Gasteiger partial charge is 0.243 e. The monoisotopic (exact) mass is 322 g/mol. The molecule has 0 aromatic heterocycles. The lowest BCUT2D eigenvalue weighted by Gasteiger charge is -2.15. The van der Waals surface area contributed by atoms with Crippen molar-refractivity contribution in [3.63, 3.8) is 0 Å². The summed E-state index contributed by atoms with van der Waals surface area (Å²) in [5.74, 6) is 0. The molecule has 0 radical (unpaired) electrons. The van der Waals surface area contributed by atoms with Gasteiger partial charge in [0.2, 0.25) is 20.0 Å². The van der Waals surface area contributed by atoms with Crippen LogP contribution in [0.3, 0.4) is 0 Å². The zero-order valence-corrected chi connectivity index (χ0v) is 11.9. The lowest BCUT2D eigenvalue weighted by atomic mass is 10.3. The van der Waals surface area contributed by atoms with E-state index in [0.717, 1.165) is 10.4 Å². The quantitative estimate of drug-likeness (QED) is 0.592. The van der Waals surface area contributed by atoms with Gasteiger partial charge in [0.25, 0.3) is 0 Å². The van der Waals surface area contributed by atoms with Crippen LogP contribution >= 0.6 is 0 Å². The molecule has 1 aliphatic rings. The van der Waals surface area contributed by atoms with Crippen molar-refractivity contribution in [1.29, 1.82) is 0 Å². The maximum Gasteiger partial charge on any atom is 0.243 e. The number of hydrogen-bond donors (Lipinski definition) is 3. The maximum atomic E-state index is 12.3. The van der Waals surface area contributed by atoms with Crippen molar-refractivity contribution in [2.45, 2.75) is 22.0 Å². The zero-order valence-electron chi connectivity index (χ0n) is 10.2. The highest BCUT2D eigenvalue weighted by atomic mass is 32.2. The minimum absolute atomic E-state index is 0.247. The van der Waals surface area contributed by atoms with E-state index in [0.29, 0.717) is 0 Å². The first-order valence-electron chi connectivity index (χ1n) is 5.61. The van der Waals surface area contributed by atoms with E-state index in [1.54, 1.807) is 0 Å². The van der Waals surface area contributed by atoms with Gasteiger partial charge < -0.3 is 10.2 Å². The molecule has 0 saturated carbocycles. The molecule has 20 heavy (non-hydrogen) atoms. The topological polar surface area (TPSA) is 138 Å². The molecule has 1 heterocycles. The van der Waals surface area contributed by atoms with Gasteiger partial charge in [-0.15, -0.1) is 0 Å². The standard InChI is InChI=1S/C10H14N2O6S2/c11-19(15,16)7-2-1-3-8(4-7)20(17,18)12-5-9(13)10(14)6-12/h1-4,9-10,13-14H,5-6H2,(H2,11,15,16)/t9-,10+. The summed E-state index contributed by atoms with van der Waals surface area (Å²) in [5.41, 5.74) is 0. The maximum absolute atomic E-state index is 12.3. The highest BCUT2D eigenvalue weighted by Gasteiger charge is 2.37. The van der Waals surface area contributed by atoms with E-state index in [1.807, 2.05) is 0 Å². The van der Waals surface area contributed by atoms with E-state index in [2.05, 4.69) is 0 Å². The molecule has 4 N–H and O–H groups in total. The molecule has 1 fully saturated rings. The van der Waals surface area contributed by atoms with E-state index >= 15 is 0 Å². The fourth-order valence-corrected chi connectivity index (χ4v) is 4.05. The van der Waals surface area contributed by atoms with Gasteiger partial charge in [0.15, 0.2) is 0 Å². The van der Waals surface area contributed by atoms with Crippen LogP contribution in [-0.4, -0.2) is 56.7 Å². The van der Waals surface area contributed by atoms with Crippen LogP contribution in [0.5, 0.6) is 0 Å². The van der Waals surface area contributed by atoms with Gasteiger partial charge in [-0.05, 0) is 18.2 Å². The van der Waals surface area contributed by atoms with Crippen LogP contribution in [0.4, 0.5) is 0 Å². The second-order valence-corrected chi connectivity index (χ2v) is 7.98. The number of aliphatic hydroxyl groups is 2. The van der Waals surface area contributed by atoms with Gasteiger partial charge in [-0.1, -0.05) is 6.07 Å². The summed E-state index contributed by atoms with van der Waals surface area (Å²) in [7, 11) is -8.01. The molecule has 0 aliphatic carbocycles. The van der Waals surface area contributed by atoms with Crippen molar-refractivity contribution in [2.75, 3.05) is 13.1 Å². The van der Waals surface area contributed by atoms with Crippen molar-refractivity contribution in [1.82, 2.24) is 4.31 Å². The molecule has 1 aromatic rings. The SMILES string of the molecule is NS(=O)(=O)c1cccc(S(=O)(=O)N2C[C@@H](O)[C@@H](O)C2)c1. The third-order valence-electron chi connectivity index (χ3n) is 3.00. The Morgan fingerprint density at radius 2 is 1.55 bits per heavy atom. The first kappa shape index (κ1) is 15.4. The number of rotatable bonds is 3. The van der Waals surface area contributed by atoms with Crippen LogP contribution in [0.15, 0.2) is 34.1 Å². The van der Waals surface area contributed by atoms with E-state index in [1.165, 1.54) is 18.2 Å². The molecule has 0 amide bonds. The molecule has 0 spiro atoms. The number of nitrogens with zero attached hydrogens (tertiary/aromatic N) is 1. The number of benzene rings is 1. The average Bonchev–Trinajstić information content (AvgIpc) is 2.69. The number of β-amino-alcohol motifs (C(OH)–C–C–N with tert-alkyl or cyclic N) is 2. The van der Waals surface area contributed by atoms with Gasteiger partial charge in [0.1, 0.15) is 0 Å². The number of hydrogen-bond acceptors (Lipinski definition) is 6. The zero-order chi connectivity index (χ0) is 15.1. The van der Waals surface area contributed by atoms with Gasteiger partial charge in [-0.3, -0.25) is 0 Å². The first-order chi connectivity index (χ1) is 9.12. The Hall–Kier alpha value is -1.04. The van der Waals surface area contributed by atoms with Crippen molar-refractivity contribution in [2.24, 2.45) is 5.14 Å². The largest absolute Gasteiger partial charge is 0.389 e. The average molecular weight is 322 g/mol. The van der Waals surface area contributed by atoms with Gasteiger partial charge in [0, 0.05) is 13.1 Å². The minimum Gasteiger partial charge on any atom is -0.389 e. The molecule has 2 rings (SSSR count). The summed E-state index contributed by atoms with van der Waals surface area (Å²) in [4.78, 5) is -0.579. The molecule has 8 nitrogen and oxygen atoms in total. The minimum atomic E-state index is -4.01. The highest BCUT2D eigenvalue weighted by Crippen LogP contribution is 2.23. The van der Waals surface area contributed by atoms with Crippen molar-refractivity contribution in [3.8, 4) is 0 Å². The lowest BCUT2D eigenvalue weighted by molar-refractivity contribution is 0.0572. The lowest BCUT2D eigenvalue weighted by Crippen LogP contribution is -2.30. The molecule has 10 heteroatoms. The Bertz CT molecular complexity index is 705. The van der Waals surface area contributed by atoms with Crippen molar-refractivity contribution in [3.05, 3.63) is 24.3 Å². The van der Waals surface area contributed by atoms with Crippen LogP contribution < -0.4 is 5.14 Å². The normalized spacial score (nSPS) is 24.9.